The monoisotopic (exact) mass is 373 g/mol. The highest BCUT2D eigenvalue weighted by molar-refractivity contribution is 7.92. The quantitative estimate of drug-likeness (QED) is 0.825. The molecule has 0 radical (unpaired) electrons. The first kappa shape index (κ1) is 17.8. The van der Waals surface area contributed by atoms with E-state index in [0.29, 0.717) is 5.92 Å². The molecular formula is C16H23NO5S2. The Hall–Kier alpha value is -0.960. The molecule has 6 nitrogen and oxygen atoms in total. The van der Waals surface area contributed by atoms with Gasteiger partial charge in [-0.05, 0) is 36.5 Å². The minimum atomic E-state index is -3.85. The zero-order valence-corrected chi connectivity index (χ0v) is 15.0. The Kier molecular flexibility index (Phi) is 5.01. The molecule has 8 heteroatoms. The smallest absolute Gasteiger partial charge is 0.240 e. The van der Waals surface area contributed by atoms with E-state index in [2.05, 4.69) is 4.72 Å². The van der Waals surface area contributed by atoms with Crippen molar-refractivity contribution in [2.45, 2.75) is 55.1 Å². The Morgan fingerprint density at radius 1 is 1.00 bits per heavy atom. The molecule has 0 bridgehead atoms. The molecule has 2 aliphatic rings. The van der Waals surface area contributed by atoms with Gasteiger partial charge in [0.1, 0.15) is 0 Å². The number of aliphatic hydroxyl groups is 1. The van der Waals surface area contributed by atoms with Crippen molar-refractivity contribution in [1.82, 2.24) is 4.72 Å². The molecule has 1 saturated heterocycles. The molecule has 24 heavy (non-hydrogen) atoms. The van der Waals surface area contributed by atoms with Crippen molar-refractivity contribution in [3.63, 3.8) is 0 Å². The highest BCUT2D eigenvalue weighted by Gasteiger charge is 2.38. The molecule has 0 unspecified atom stereocenters. The summed E-state index contributed by atoms with van der Waals surface area (Å²) in [7, 11) is -7.25. The van der Waals surface area contributed by atoms with Gasteiger partial charge >= 0.3 is 0 Å². The molecule has 1 aliphatic heterocycles. The number of sulfone groups is 1. The maximum atomic E-state index is 12.4. The van der Waals surface area contributed by atoms with Crippen LogP contribution in [0.5, 0.6) is 0 Å². The van der Waals surface area contributed by atoms with Gasteiger partial charge in [0.15, 0.2) is 9.84 Å². The summed E-state index contributed by atoms with van der Waals surface area (Å²) in [5.74, 6) is -0.279. The number of aliphatic hydroxyl groups excluding tert-OH is 1. The lowest BCUT2D eigenvalue weighted by atomic mass is 9.84. The molecule has 0 amide bonds. The molecule has 2 fully saturated rings. The second-order valence-corrected chi connectivity index (χ2v) is 10.6. The largest absolute Gasteiger partial charge is 0.390 e. The summed E-state index contributed by atoms with van der Waals surface area (Å²) < 4.78 is 50.1. The Bertz CT molecular complexity index is 780. The first-order valence-electron chi connectivity index (χ1n) is 8.28. The van der Waals surface area contributed by atoms with Crippen LogP contribution in [0.4, 0.5) is 0 Å². The summed E-state index contributed by atoms with van der Waals surface area (Å²) in [6, 6.07) is 5.81. The molecule has 0 spiro atoms. The van der Waals surface area contributed by atoms with Crippen molar-refractivity contribution in [3.05, 3.63) is 29.8 Å². The van der Waals surface area contributed by atoms with Crippen LogP contribution in [0.15, 0.2) is 29.2 Å². The van der Waals surface area contributed by atoms with Crippen molar-refractivity contribution in [1.29, 1.82) is 0 Å². The van der Waals surface area contributed by atoms with E-state index in [-0.39, 0.29) is 10.6 Å². The fraction of sp³-hybridized carbons (Fsp3) is 0.625. The molecule has 2 N–H and O–H groups in total. The number of sulfonamides is 1. The van der Waals surface area contributed by atoms with Gasteiger partial charge in [0, 0.05) is 0 Å². The highest BCUT2D eigenvalue weighted by atomic mass is 32.2. The lowest BCUT2D eigenvalue weighted by molar-refractivity contribution is 0.176. The average molecular weight is 373 g/mol. The van der Waals surface area contributed by atoms with Crippen LogP contribution >= 0.6 is 0 Å². The average Bonchev–Trinajstić information content (AvgIpc) is 2.79. The van der Waals surface area contributed by atoms with E-state index >= 15 is 0 Å². The van der Waals surface area contributed by atoms with Crippen molar-refractivity contribution in [2.24, 2.45) is 0 Å². The first-order chi connectivity index (χ1) is 11.3. The fourth-order valence-electron chi connectivity index (χ4n) is 3.56. The molecular weight excluding hydrogens is 350 g/mol. The Labute approximate surface area is 143 Å². The molecule has 1 saturated carbocycles. The van der Waals surface area contributed by atoms with Crippen LogP contribution in [0.1, 0.15) is 43.6 Å². The van der Waals surface area contributed by atoms with E-state index in [1.165, 1.54) is 19.3 Å². The van der Waals surface area contributed by atoms with Gasteiger partial charge < -0.3 is 5.11 Å². The molecule has 0 aromatic heterocycles. The maximum Gasteiger partial charge on any atom is 0.240 e. The second kappa shape index (κ2) is 6.74. The SMILES string of the molecule is O=S1(=O)C[C@H](NS(=O)(=O)c2ccc(C3CCCCC3)cc2)[C@@H](O)C1. The van der Waals surface area contributed by atoms with Crippen molar-refractivity contribution in [2.75, 3.05) is 11.5 Å². The van der Waals surface area contributed by atoms with Gasteiger partial charge in [-0.2, -0.15) is 0 Å². The van der Waals surface area contributed by atoms with Crippen LogP contribution in [0.3, 0.4) is 0 Å². The normalized spacial score (nSPS) is 28.0. The summed E-state index contributed by atoms with van der Waals surface area (Å²) in [5.41, 5.74) is 1.15. The van der Waals surface area contributed by atoms with Crippen LogP contribution in [0.25, 0.3) is 0 Å². The number of rotatable bonds is 4. The van der Waals surface area contributed by atoms with Crippen LogP contribution in [-0.2, 0) is 19.9 Å². The number of hydrogen-bond acceptors (Lipinski definition) is 5. The molecule has 134 valence electrons. The molecule has 1 heterocycles. The number of benzene rings is 1. The predicted molar refractivity (Wildman–Crippen MR) is 91.0 cm³/mol. The van der Waals surface area contributed by atoms with E-state index in [1.54, 1.807) is 12.1 Å². The minimum absolute atomic E-state index is 0.0959. The van der Waals surface area contributed by atoms with Gasteiger partial charge in [0.2, 0.25) is 10.0 Å². The molecule has 2 atom stereocenters. The fourth-order valence-corrected chi connectivity index (χ4v) is 6.68. The molecule has 1 aromatic rings. The summed E-state index contributed by atoms with van der Waals surface area (Å²) in [6.07, 6.45) is 4.75. The first-order valence-corrected chi connectivity index (χ1v) is 11.6. The summed E-state index contributed by atoms with van der Waals surface area (Å²) in [6.45, 7) is 0. The third kappa shape index (κ3) is 3.99. The summed E-state index contributed by atoms with van der Waals surface area (Å²) >= 11 is 0. The Morgan fingerprint density at radius 2 is 1.62 bits per heavy atom. The van der Waals surface area contributed by atoms with E-state index < -0.39 is 37.8 Å². The van der Waals surface area contributed by atoms with Crippen LogP contribution in [-0.4, -0.2) is 45.6 Å². The lowest BCUT2D eigenvalue weighted by Gasteiger charge is -2.22. The Balaban J connectivity index is 1.73. The molecule has 1 aromatic carbocycles. The van der Waals surface area contributed by atoms with E-state index in [1.807, 2.05) is 12.1 Å². The van der Waals surface area contributed by atoms with Crippen molar-refractivity contribution >= 4 is 19.9 Å². The van der Waals surface area contributed by atoms with Gasteiger partial charge in [-0.1, -0.05) is 31.4 Å². The molecule has 3 rings (SSSR count). The zero-order chi connectivity index (χ0) is 17.4. The summed E-state index contributed by atoms with van der Waals surface area (Å²) in [5, 5.41) is 9.74. The van der Waals surface area contributed by atoms with E-state index in [0.717, 1.165) is 18.4 Å². The van der Waals surface area contributed by atoms with E-state index in [4.69, 9.17) is 0 Å². The number of hydrogen-bond donors (Lipinski definition) is 2. The van der Waals surface area contributed by atoms with Gasteiger partial charge in [-0.15, -0.1) is 0 Å². The lowest BCUT2D eigenvalue weighted by Crippen LogP contribution is -2.42. The highest BCUT2D eigenvalue weighted by Crippen LogP contribution is 2.32. The standard InChI is InChI=1S/C16H23NO5S2/c18-16-11-23(19,20)10-15(16)17-24(21,22)14-8-6-13(7-9-14)12-4-2-1-3-5-12/h6-9,12,15-18H,1-5,10-11H2/t15-,16-/m0/s1. The Morgan fingerprint density at radius 3 is 2.17 bits per heavy atom. The third-order valence-corrected chi connectivity index (χ3v) is 8.12. The van der Waals surface area contributed by atoms with Gasteiger partial charge in [-0.25, -0.2) is 21.6 Å². The van der Waals surface area contributed by atoms with Crippen LogP contribution in [0.2, 0.25) is 0 Å². The zero-order valence-electron chi connectivity index (χ0n) is 13.4. The van der Waals surface area contributed by atoms with Gasteiger partial charge in [-0.3, -0.25) is 0 Å². The van der Waals surface area contributed by atoms with Crippen molar-refractivity contribution in [3.8, 4) is 0 Å². The van der Waals surface area contributed by atoms with Crippen LogP contribution in [0, 0.1) is 0 Å². The van der Waals surface area contributed by atoms with Crippen LogP contribution < -0.4 is 4.72 Å². The van der Waals surface area contributed by atoms with E-state index in [9.17, 15) is 21.9 Å². The molecule has 1 aliphatic carbocycles. The van der Waals surface area contributed by atoms with Crippen molar-refractivity contribution < 1.29 is 21.9 Å². The topological polar surface area (TPSA) is 101 Å². The second-order valence-electron chi connectivity index (χ2n) is 6.78. The maximum absolute atomic E-state index is 12.4. The number of nitrogens with one attached hydrogen (secondary N) is 1. The minimum Gasteiger partial charge on any atom is -0.390 e. The predicted octanol–water partition coefficient (Wildman–Crippen LogP) is 1.17. The van der Waals surface area contributed by atoms with Gasteiger partial charge in [0.25, 0.3) is 0 Å². The summed E-state index contributed by atoms with van der Waals surface area (Å²) in [4.78, 5) is 0.0959. The third-order valence-electron chi connectivity index (χ3n) is 4.90. The van der Waals surface area contributed by atoms with Gasteiger partial charge in [0.05, 0.1) is 28.5 Å².